The van der Waals surface area contributed by atoms with Gasteiger partial charge in [0.25, 0.3) is 0 Å². The summed E-state index contributed by atoms with van der Waals surface area (Å²) >= 11 is 0. The van der Waals surface area contributed by atoms with Gasteiger partial charge in [-0.15, -0.1) is 0 Å². The Kier molecular flexibility index (Phi) is 5.54. The van der Waals surface area contributed by atoms with E-state index in [1.165, 1.54) is 61.2 Å². The highest BCUT2D eigenvalue weighted by Crippen LogP contribution is 2.52. The van der Waals surface area contributed by atoms with Crippen LogP contribution in [0.1, 0.15) is 43.7 Å². The van der Waals surface area contributed by atoms with Crippen LogP contribution in [0.15, 0.2) is 42.1 Å². The van der Waals surface area contributed by atoms with Gasteiger partial charge < -0.3 is 9.80 Å². The number of aromatic nitrogens is 1. The van der Waals surface area contributed by atoms with Crippen molar-refractivity contribution in [2.75, 3.05) is 57.8 Å². The Labute approximate surface area is 199 Å². The molecule has 4 heteroatoms. The van der Waals surface area contributed by atoms with Crippen molar-refractivity contribution < 1.29 is 0 Å². The van der Waals surface area contributed by atoms with Crippen molar-refractivity contribution in [1.29, 1.82) is 0 Å². The minimum absolute atomic E-state index is 0.705. The number of nitrogens with zero attached hydrogens (tertiary/aromatic N) is 4. The van der Waals surface area contributed by atoms with Gasteiger partial charge in [0.05, 0.1) is 5.69 Å². The maximum atomic E-state index is 4.82. The Hall–Kier alpha value is -2.17. The zero-order valence-corrected chi connectivity index (χ0v) is 20.4. The largest absolute Gasteiger partial charge is 0.369 e. The van der Waals surface area contributed by atoms with E-state index in [1.54, 1.807) is 5.57 Å². The zero-order chi connectivity index (χ0) is 22.4. The molecule has 0 amide bonds. The highest BCUT2D eigenvalue weighted by atomic mass is 15.2. The lowest BCUT2D eigenvalue weighted by molar-refractivity contribution is -0.00340. The summed E-state index contributed by atoms with van der Waals surface area (Å²) in [5.74, 6) is 0.963. The molecule has 2 aliphatic carbocycles. The van der Waals surface area contributed by atoms with Gasteiger partial charge in [-0.25, -0.2) is 0 Å². The van der Waals surface area contributed by atoms with Crippen LogP contribution in [-0.4, -0.2) is 67.6 Å². The molecule has 3 fully saturated rings. The van der Waals surface area contributed by atoms with Gasteiger partial charge in [-0.1, -0.05) is 30.7 Å². The molecule has 4 aliphatic rings. The van der Waals surface area contributed by atoms with Gasteiger partial charge in [-0.3, -0.25) is 9.88 Å². The van der Waals surface area contributed by atoms with Crippen LogP contribution >= 0.6 is 0 Å². The van der Waals surface area contributed by atoms with E-state index in [0.717, 1.165) is 50.8 Å². The molecular weight excluding hydrogens is 404 g/mol. The number of benzene rings is 1. The summed E-state index contributed by atoms with van der Waals surface area (Å²) < 4.78 is 0. The molecule has 6 rings (SSSR count). The smallest absolute Gasteiger partial charge is 0.0777 e. The molecule has 2 saturated heterocycles. The predicted molar refractivity (Wildman–Crippen MR) is 138 cm³/mol. The Balaban J connectivity index is 1.14. The first-order valence-electron chi connectivity index (χ1n) is 13.0. The molecule has 2 aliphatic heterocycles. The fourth-order valence-corrected chi connectivity index (χ4v) is 6.85. The molecule has 0 N–H and O–H groups in total. The minimum atomic E-state index is 0.705. The average Bonchev–Trinajstić information content (AvgIpc) is 3.23. The van der Waals surface area contributed by atoms with Crippen LogP contribution in [0.2, 0.25) is 0 Å². The van der Waals surface area contributed by atoms with E-state index in [4.69, 9.17) is 4.98 Å². The Bertz CT molecular complexity index is 1020. The van der Waals surface area contributed by atoms with Crippen LogP contribution < -0.4 is 4.90 Å². The van der Waals surface area contributed by atoms with Crippen molar-refractivity contribution in [1.82, 2.24) is 14.8 Å². The number of piperidine rings is 1. The second kappa shape index (κ2) is 8.56. The minimum Gasteiger partial charge on any atom is -0.369 e. The molecule has 33 heavy (non-hydrogen) atoms. The first-order chi connectivity index (χ1) is 16.1. The number of pyridine rings is 1. The number of anilines is 1. The lowest BCUT2D eigenvalue weighted by Gasteiger charge is -2.51. The Morgan fingerprint density at radius 3 is 2.36 bits per heavy atom. The summed E-state index contributed by atoms with van der Waals surface area (Å²) in [6.07, 6.45) is 11.3. The third-order valence-electron chi connectivity index (χ3n) is 8.76. The number of fused-ring (bicyclic) bond motifs is 1. The molecule has 1 aromatic carbocycles. The molecule has 0 unspecified atom stereocenters. The lowest BCUT2D eigenvalue weighted by Crippen LogP contribution is -2.46. The molecule has 3 heterocycles. The molecule has 4 nitrogen and oxygen atoms in total. The molecule has 1 spiro atoms. The van der Waals surface area contributed by atoms with Gasteiger partial charge in [0.2, 0.25) is 0 Å². The Morgan fingerprint density at radius 1 is 0.939 bits per heavy atom. The van der Waals surface area contributed by atoms with Crippen LogP contribution in [-0.2, 0) is 6.42 Å². The average molecular weight is 443 g/mol. The number of likely N-dealkylation sites (tertiary alicyclic amines) is 1. The molecule has 174 valence electrons. The summed E-state index contributed by atoms with van der Waals surface area (Å²) in [5, 5.41) is 0. The number of hydrogen-bond acceptors (Lipinski definition) is 4. The van der Waals surface area contributed by atoms with Gasteiger partial charge in [0.1, 0.15) is 0 Å². The predicted octanol–water partition coefficient (Wildman–Crippen LogP) is 4.95. The first kappa shape index (κ1) is 21.4. The number of likely N-dealkylation sites (N-methyl/N-ethyl adjacent to an activating group) is 1. The molecular formula is C29H38N4. The fourth-order valence-electron chi connectivity index (χ4n) is 6.85. The molecule has 0 radical (unpaired) electrons. The molecule has 1 aromatic heterocycles. The van der Waals surface area contributed by atoms with E-state index >= 15 is 0 Å². The van der Waals surface area contributed by atoms with Crippen molar-refractivity contribution in [3.8, 4) is 11.3 Å². The Morgan fingerprint density at radius 2 is 1.67 bits per heavy atom. The summed E-state index contributed by atoms with van der Waals surface area (Å²) in [5.41, 5.74) is 8.77. The number of hydrogen-bond donors (Lipinski definition) is 0. The van der Waals surface area contributed by atoms with Gasteiger partial charge in [-0.2, -0.15) is 0 Å². The van der Waals surface area contributed by atoms with Crippen LogP contribution in [0, 0.1) is 11.3 Å². The molecule has 1 saturated carbocycles. The van der Waals surface area contributed by atoms with Crippen molar-refractivity contribution in [2.45, 2.75) is 39.0 Å². The van der Waals surface area contributed by atoms with Crippen LogP contribution in [0.4, 0.5) is 5.69 Å². The van der Waals surface area contributed by atoms with Crippen LogP contribution in [0.5, 0.6) is 0 Å². The monoisotopic (exact) mass is 442 g/mol. The summed E-state index contributed by atoms with van der Waals surface area (Å²) in [4.78, 5) is 12.4. The normalized spacial score (nSPS) is 23.5. The van der Waals surface area contributed by atoms with Crippen molar-refractivity contribution in [2.24, 2.45) is 11.3 Å². The quantitative estimate of drug-likeness (QED) is 0.668. The molecule has 0 bridgehead atoms. The van der Waals surface area contributed by atoms with E-state index in [2.05, 4.69) is 65.1 Å². The highest BCUT2D eigenvalue weighted by molar-refractivity contribution is 5.78. The zero-order valence-electron chi connectivity index (χ0n) is 20.4. The summed E-state index contributed by atoms with van der Waals surface area (Å²) in [7, 11) is 2.21. The summed E-state index contributed by atoms with van der Waals surface area (Å²) in [6.45, 7) is 10.6. The maximum Gasteiger partial charge on any atom is 0.0777 e. The van der Waals surface area contributed by atoms with E-state index in [1.807, 2.05) is 6.20 Å². The topological polar surface area (TPSA) is 22.6 Å². The third kappa shape index (κ3) is 4.24. The second-order valence-electron chi connectivity index (χ2n) is 11.3. The first-order valence-corrected chi connectivity index (χ1v) is 13.0. The second-order valence-corrected chi connectivity index (χ2v) is 11.3. The SMILES string of the molecule is CC1CC2(CCN(CC3=Cc4c(ccnc4-c4ccc(N5CCN(C)CC5)cc4)C3)CC2)C1. The van der Waals surface area contributed by atoms with Gasteiger partial charge >= 0.3 is 0 Å². The number of rotatable bonds is 4. The highest BCUT2D eigenvalue weighted by Gasteiger charge is 2.43. The van der Waals surface area contributed by atoms with E-state index in [-0.39, 0.29) is 0 Å². The lowest BCUT2D eigenvalue weighted by atomic mass is 9.58. The van der Waals surface area contributed by atoms with Crippen molar-refractivity contribution >= 4 is 11.8 Å². The van der Waals surface area contributed by atoms with Crippen LogP contribution in [0.3, 0.4) is 0 Å². The van der Waals surface area contributed by atoms with E-state index in [9.17, 15) is 0 Å². The standard InChI is InChI=1S/C29H38N4/c1-22-19-29(20-22)8-11-32(12-9-29)21-23-17-25-7-10-30-28(27(25)18-23)24-3-5-26(6-4-24)33-15-13-31(2)14-16-33/h3-7,10,18,22H,8-9,11-17,19-21H2,1-2H3. The fraction of sp³-hybridized carbons (Fsp3) is 0.552. The van der Waals surface area contributed by atoms with E-state index < -0.39 is 0 Å². The van der Waals surface area contributed by atoms with E-state index in [0.29, 0.717) is 5.41 Å². The van der Waals surface area contributed by atoms with Crippen molar-refractivity contribution in [3.05, 3.63) is 53.2 Å². The van der Waals surface area contributed by atoms with Gasteiger partial charge in [0, 0.05) is 55.7 Å². The number of piperazine rings is 1. The maximum absolute atomic E-state index is 4.82. The molecule has 2 aromatic rings. The summed E-state index contributed by atoms with van der Waals surface area (Å²) in [6, 6.07) is 11.3. The third-order valence-corrected chi connectivity index (χ3v) is 8.76. The van der Waals surface area contributed by atoms with Gasteiger partial charge in [0.15, 0.2) is 0 Å². The molecule has 0 atom stereocenters. The van der Waals surface area contributed by atoms with Crippen molar-refractivity contribution in [3.63, 3.8) is 0 Å². The van der Waals surface area contributed by atoms with Crippen LogP contribution in [0.25, 0.3) is 17.3 Å². The van der Waals surface area contributed by atoms with Gasteiger partial charge in [-0.05, 0) is 87.3 Å².